The van der Waals surface area contributed by atoms with Gasteiger partial charge in [0.05, 0.1) is 19.4 Å². The van der Waals surface area contributed by atoms with Gasteiger partial charge in [-0.15, -0.1) is 11.3 Å². The van der Waals surface area contributed by atoms with Crippen LogP contribution in [0.4, 0.5) is 10.6 Å². The number of fused-ring (bicyclic) bond motifs is 2. The predicted octanol–water partition coefficient (Wildman–Crippen LogP) is 3.73. The Kier molecular flexibility index (Phi) is 14.5. The normalized spacial score (nSPS) is 24.1. The molecule has 26 heteroatoms. The first kappa shape index (κ1) is 50.2. The first-order valence-electron chi connectivity index (χ1n) is 20.5. The molecule has 0 aliphatic carbocycles. The SMILES string of the molecule is C=CCOC(=O)C1=C(OC(=O)NS(=O)(=O)OC[C@H]2O[C@@H](n3cnc4c(N)ncnc43)C(O[Si](C)(C)C(C)(C)C)C2O[Si](C)(C)C(C)(C)C)C[S+]([O-])[C@@H]2[C@H](NC(=O)Cc3cccs3)C(=O)N12. The van der Waals surface area contributed by atoms with Crippen LogP contribution in [0.1, 0.15) is 52.6 Å². The monoisotopic (exact) mass is 996 g/mol. The molecule has 65 heavy (non-hydrogen) atoms. The number of ether oxygens (including phenoxy) is 3. The van der Waals surface area contributed by atoms with Crippen LogP contribution in [0.2, 0.25) is 36.3 Å². The lowest BCUT2D eigenvalue weighted by Crippen LogP contribution is -2.75. The number of carbonyl (C=O) groups excluding carboxylic acids is 4. The number of anilines is 1. The van der Waals surface area contributed by atoms with Crippen molar-refractivity contribution in [2.75, 3.05) is 24.7 Å². The van der Waals surface area contributed by atoms with Gasteiger partial charge in [-0.05, 0) is 58.9 Å². The van der Waals surface area contributed by atoms with E-state index in [1.54, 1.807) is 26.8 Å². The van der Waals surface area contributed by atoms with E-state index in [9.17, 15) is 32.1 Å². The van der Waals surface area contributed by atoms with Crippen LogP contribution in [-0.4, -0.2) is 127 Å². The van der Waals surface area contributed by atoms with Crippen LogP contribution in [0.3, 0.4) is 0 Å². The van der Waals surface area contributed by atoms with Crippen LogP contribution in [0.15, 0.2) is 54.3 Å². The maximum Gasteiger partial charge on any atom is 0.428 e. The summed E-state index contributed by atoms with van der Waals surface area (Å²) in [6.45, 7) is 23.1. The zero-order valence-corrected chi connectivity index (χ0v) is 42.3. The predicted molar refractivity (Wildman–Crippen MR) is 244 cm³/mol. The number of esters is 1. The summed E-state index contributed by atoms with van der Waals surface area (Å²) in [5.41, 5.74) is 6.19. The highest BCUT2D eigenvalue weighted by Gasteiger charge is 2.62. The first-order chi connectivity index (χ1) is 30.2. The van der Waals surface area contributed by atoms with E-state index in [0.717, 1.165) is 9.78 Å². The Morgan fingerprint density at radius 1 is 1.08 bits per heavy atom. The Labute approximate surface area is 386 Å². The summed E-state index contributed by atoms with van der Waals surface area (Å²) in [5, 5.41) is 2.55. The minimum Gasteiger partial charge on any atom is -0.614 e. The molecule has 0 radical (unpaired) electrons. The third-order valence-electron chi connectivity index (χ3n) is 12.1. The number of nitrogens with zero attached hydrogens (tertiary/aromatic N) is 5. The molecule has 0 spiro atoms. The number of carbonyl (C=O) groups is 4. The van der Waals surface area contributed by atoms with Gasteiger partial charge in [0.2, 0.25) is 11.3 Å². The topological polar surface area (TPSA) is 278 Å². The molecule has 0 saturated carbocycles. The first-order valence-corrected chi connectivity index (χ1v) is 30.0. The second-order valence-electron chi connectivity index (χ2n) is 18.6. The zero-order valence-electron chi connectivity index (χ0n) is 37.8. The van der Waals surface area contributed by atoms with E-state index in [1.807, 2.05) is 13.1 Å². The summed E-state index contributed by atoms with van der Waals surface area (Å²) in [4.78, 5) is 67.3. The number of hydrogen-bond donors (Lipinski definition) is 3. The summed E-state index contributed by atoms with van der Waals surface area (Å²) in [5.74, 6) is -3.61. The lowest BCUT2D eigenvalue weighted by molar-refractivity contribution is -0.153. The van der Waals surface area contributed by atoms with Crippen molar-refractivity contribution >= 4 is 90.3 Å². The van der Waals surface area contributed by atoms with Gasteiger partial charge in [-0.2, -0.15) is 13.1 Å². The lowest BCUT2D eigenvalue weighted by Gasteiger charge is -2.48. The molecule has 356 valence electrons. The van der Waals surface area contributed by atoms with Crippen LogP contribution >= 0.6 is 11.3 Å². The molecule has 3 aromatic rings. The van der Waals surface area contributed by atoms with Gasteiger partial charge in [0.25, 0.3) is 5.91 Å². The molecule has 0 bridgehead atoms. The smallest absolute Gasteiger partial charge is 0.428 e. The molecule has 7 atom stereocenters. The average Bonchev–Trinajstić information content (AvgIpc) is 3.94. The standard InChI is InChI=1S/C39H56N8O13S3Si2/c1-12-15-55-36(50)28-24(19-62(52)35-27(33(49)47(28)35)44-25(48)17-22-14-13-16-61-22)58-37(51)45-63(53,54)56-18-23-29(59-64(8,9)38(2,3)4)30(60-65(10,11)39(5,6)7)34(57-23)46-21-43-26-31(40)41-20-42-32(26)46/h12-14,16,20-21,23,27,29-30,34-35H,1,15,17-19H2,2-11H3,(H,44,48)(H,45,51)(H2,40,41,42)/t23-,27-,29?,30?,34-,35-,62?/m1/s1. The number of β-lactam (4-membered cyclic amide) rings is 1. The minimum atomic E-state index is -5.02. The van der Waals surface area contributed by atoms with Gasteiger partial charge >= 0.3 is 22.4 Å². The van der Waals surface area contributed by atoms with Gasteiger partial charge in [0.1, 0.15) is 36.8 Å². The molecule has 3 aliphatic heterocycles. The van der Waals surface area contributed by atoms with Crippen molar-refractivity contribution in [1.29, 1.82) is 0 Å². The Morgan fingerprint density at radius 2 is 1.74 bits per heavy atom. The molecule has 0 aromatic carbocycles. The van der Waals surface area contributed by atoms with Gasteiger partial charge in [0.15, 0.2) is 57.6 Å². The Bertz CT molecular complexity index is 2460. The lowest BCUT2D eigenvalue weighted by atomic mass is 10.0. The van der Waals surface area contributed by atoms with Crippen LogP contribution in [0.5, 0.6) is 0 Å². The molecule has 6 heterocycles. The van der Waals surface area contributed by atoms with Crippen molar-refractivity contribution in [1.82, 2.24) is 34.5 Å². The van der Waals surface area contributed by atoms with Crippen LogP contribution in [0.25, 0.3) is 11.2 Å². The van der Waals surface area contributed by atoms with Crippen molar-refractivity contribution in [2.45, 2.75) is 120 Å². The Hall–Kier alpha value is -4.26. The van der Waals surface area contributed by atoms with Gasteiger partial charge in [0, 0.05) is 4.88 Å². The highest BCUT2D eigenvalue weighted by Crippen LogP contribution is 2.46. The van der Waals surface area contributed by atoms with Gasteiger partial charge < -0.3 is 38.7 Å². The molecule has 3 aromatic heterocycles. The Morgan fingerprint density at radius 3 is 2.35 bits per heavy atom. The molecule has 4 N–H and O–H groups in total. The largest absolute Gasteiger partial charge is 0.614 e. The summed E-state index contributed by atoms with van der Waals surface area (Å²) in [6.07, 6.45) is -1.56. The van der Waals surface area contributed by atoms with Crippen molar-refractivity contribution in [3.8, 4) is 0 Å². The average molecular weight is 997 g/mol. The van der Waals surface area contributed by atoms with Gasteiger partial charge in [-0.1, -0.05) is 60.3 Å². The van der Waals surface area contributed by atoms with Crippen molar-refractivity contribution in [2.24, 2.45) is 0 Å². The number of thiophene rings is 1. The van der Waals surface area contributed by atoms with E-state index < -0.39 is 122 Å². The summed E-state index contributed by atoms with van der Waals surface area (Å²) in [7, 11) is -10.3. The summed E-state index contributed by atoms with van der Waals surface area (Å²) >= 11 is -0.710. The molecule has 2 saturated heterocycles. The quantitative estimate of drug-likeness (QED) is 0.0606. The van der Waals surface area contributed by atoms with E-state index in [0.29, 0.717) is 11.2 Å². The zero-order chi connectivity index (χ0) is 48.0. The fourth-order valence-corrected chi connectivity index (χ4v) is 12.1. The molecular formula is C39H56N8O13S3Si2. The number of nitrogens with one attached hydrogen (secondary N) is 2. The van der Waals surface area contributed by atoms with E-state index in [-0.39, 0.29) is 28.9 Å². The summed E-state index contributed by atoms with van der Waals surface area (Å²) in [6, 6.07) is 2.25. The van der Waals surface area contributed by atoms with E-state index >= 15 is 0 Å². The highest BCUT2D eigenvalue weighted by molar-refractivity contribution is 7.92. The maximum absolute atomic E-state index is 13.5. The number of imidazole rings is 1. The number of nitrogens with two attached hydrogens (primary N) is 1. The molecular weight excluding hydrogens is 941 g/mol. The summed E-state index contributed by atoms with van der Waals surface area (Å²) < 4.78 is 80.4. The van der Waals surface area contributed by atoms with Crippen LogP contribution in [0, 0.1) is 0 Å². The van der Waals surface area contributed by atoms with E-state index in [4.69, 9.17) is 33.0 Å². The minimum absolute atomic E-state index is 0.0360. The second-order valence-corrected chi connectivity index (χ2v) is 32.1. The van der Waals surface area contributed by atoms with Crippen LogP contribution in [-0.2, 0) is 69.5 Å². The fourth-order valence-electron chi connectivity index (χ4n) is 6.66. The molecule has 21 nitrogen and oxygen atoms in total. The number of amides is 3. The van der Waals surface area contributed by atoms with Crippen molar-refractivity contribution in [3.05, 3.63) is 59.2 Å². The number of rotatable bonds is 16. The van der Waals surface area contributed by atoms with E-state index in [2.05, 4.69) is 81.5 Å². The molecule has 2 fully saturated rings. The Balaban J connectivity index is 1.24. The third kappa shape index (κ3) is 10.7. The van der Waals surface area contributed by atoms with Crippen molar-refractivity contribution < 1.29 is 59.4 Å². The van der Waals surface area contributed by atoms with E-state index in [1.165, 1.54) is 30.1 Å². The molecule has 6 rings (SSSR count). The molecule has 3 unspecified atom stereocenters. The highest BCUT2D eigenvalue weighted by atomic mass is 32.2. The van der Waals surface area contributed by atoms with Crippen LogP contribution < -0.4 is 15.8 Å². The number of aromatic nitrogens is 4. The molecule has 3 amide bonds. The number of nitrogen functional groups attached to an aromatic ring is 1. The molecule has 3 aliphatic rings. The van der Waals surface area contributed by atoms with Crippen molar-refractivity contribution in [3.63, 3.8) is 0 Å². The fraction of sp³-hybridized carbons (Fsp3) is 0.564. The maximum atomic E-state index is 13.5. The third-order valence-corrected chi connectivity index (χ3v) is 24.3. The van der Waals surface area contributed by atoms with Gasteiger partial charge in [-0.25, -0.2) is 24.5 Å². The second kappa shape index (κ2) is 18.8. The number of hydrogen-bond acceptors (Lipinski definition) is 18. The van der Waals surface area contributed by atoms with Gasteiger partial charge in [-0.3, -0.25) is 23.2 Å².